The molecule has 1 fully saturated rings. The molecule has 1 aliphatic rings. The van der Waals surface area contributed by atoms with Crippen molar-refractivity contribution in [2.75, 3.05) is 7.11 Å². The van der Waals surface area contributed by atoms with Crippen LogP contribution in [0.25, 0.3) is 10.9 Å². The van der Waals surface area contributed by atoms with Crippen molar-refractivity contribution >= 4 is 22.8 Å². The molecular formula is C33H36N2O4. The molecule has 1 aliphatic carbocycles. The third-order valence-electron chi connectivity index (χ3n) is 7.82. The maximum absolute atomic E-state index is 13.2. The van der Waals surface area contributed by atoms with Gasteiger partial charge in [-0.25, -0.2) is 4.79 Å². The van der Waals surface area contributed by atoms with Crippen LogP contribution in [0.1, 0.15) is 77.0 Å². The van der Waals surface area contributed by atoms with Crippen molar-refractivity contribution in [1.29, 1.82) is 0 Å². The summed E-state index contributed by atoms with van der Waals surface area (Å²) >= 11 is 0. The van der Waals surface area contributed by atoms with Crippen LogP contribution in [0.15, 0.2) is 66.7 Å². The molecule has 202 valence electrons. The van der Waals surface area contributed by atoms with Gasteiger partial charge in [0.1, 0.15) is 5.75 Å². The Kier molecular flexibility index (Phi) is 7.47. The second kappa shape index (κ2) is 11.0. The van der Waals surface area contributed by atoms with Crippen molar-refractivity contribution in [1.82, 2.24) is 9.88 Å². The molecule has 1 heterocycles. The summed E-state index contributed by atoms with van der Waals surface area (Å²) in [6.45, 7) is 8.61. The zero-order valence-electron chi connectivity index (χ0n) is 23.3. The molecule has 1 amide bonds. The fourth-order valence-corrected chi connectivity index (χ4v) is 5.13. The van der Waals surface area contributed by atoms with Gasteiger partial charge in [-0.1, -0.05) is 36.4 Å². The summed E-state index contributed by atoms with van der Waals surface area (Å²) in [6, 6.07) is 22.2. The summed E-state index contributed by atoms with van der Waals surface area (Å²) in [4.78, 5) is 24.8. The van der Waals surface area contributed by atoms with Crippen molar-refractivity contribution in [3.63, 3.8) is 0 Å². The van der Waals surface area contributed by atoms with Crippen LogP contribution in [0, 0.1) is 13.8 Å². The predicted octanol–water partition coefficient (Wildman–Crippen LogP) is 6.62. The van der Waals surface area contributed by atoms with Crippen molar-refractivity contribution < 1.29 is 19.1 Å². The zero-order valence-corrected chi connectivity index (χ0v) is 23.3. The van der Waals surface area contributed by atoms with Crippen molar-refractivity contribution in [3.05, 3.63) is 100 Å². The number of benzene rings is 3. The van der Waals surface area contributed by atoms with Crippen LogP contribution in [0.3, 0.4) is 0 Å². The lowest BCUT2D eigenvalue weighted by Crippen LogP contribution is -2.26. The number of hydrogen-bond donors (Lipinski definition) is 1. The molecule has 0 saturated heterocycles. The first-order chi connectivity index (χ1) is 18.7. The number of fused-ring (bicyclic) bond motifs is 1. The number of aryl methyl sites for hydroxylation is 1. The number of ether oxygens (including phenoxy) is 2. The van der Waals surface area contributed by atoms with Crippen LogP contribution in [-0.4, -0.2) is 29.7 Å². The molecule has 0 bridgehead atoms. The second-order valence-electron chi connectivity index (χ2n) is 10.6. The molecule has 0 spiro atoms. The summed E-state index contributed by atoms with van der Waals surface area (Å²) < 4.78 is 12.7. The first-order valence-corrected chi connectivity index (χ1v) is 13.6. The molecule has 1 saturated carbocycles. The van der Waals surface area contributed by atoms with E-state index in [0.29, 0.717) is 23.8 Å². The van der Waals surface area contributed by atoms with E-state index in [1.807, 2.05) is 49.4 Å². The van der Waals surface area contributed by atoms with Crippen LogP contribution in [0.5, 0.6) is 5.75 Å². The summed E-state index contributed by atoms with van der Waals surface area (Å²) in [7, 11) is 1.35. The van der Waals surface area contributed by atoms with E-state index in [0.717, 1.165) is 33.3 Å². The quantitative estimate of drug-likeness (QED) is 0.250. The average Bonchev–Trinajstić information content (AvgIpc) is 3.78. The molecule has 1 N–H and O–H groups in total. The Morgan fingerprint density at radius 1 is 1.00 bits per heavy atom. The Labute approximate surface area is 229 Å². The number of esters is 1. The van der Waals surface area contributed by atoms with Gasteiger partial charge in [-0.3, -0.25) is 4.79 Å². The Morgan fingerprint density at radius 3 is 2.44 bits per heavy atom. The molecule has 0 radical (unpaired) electrons. The molecule has 39 heavy (non-hydrogen) atoms. The number of carbonyl (C=O) groups is 2. The monoisotopic (exact) mass is 524 g/mol. The number of aromatic nitrogens is 1. The summed E-state index contributed by atoms with van der Waals surface area (Å²) in [5.41, 5.74) is 7.70. The molecule has 5 rings (SSSR count). The summed E-state index contributed by atoms with van der Waals surface area (Å²) in [6.07, 6.45) is 1.86. The smallest absolute Gasteiger partial charge is 0.346 e. The lowest BCUT2D eigenvalue weighted by atomic mass is 10.0. The van der Waals surface area contributed by atoms with Gasteiger partial charge in [-0.2, -0.15) is 0 Å². The fourth-order valence-electron chi connectivity index (χ4n) is 5.13. The maximum Gasteiger partial charge on any atom is 0.346 e. The lowest BCUT2D eigenvalue weighted by Gasteiger charge is -2.16. The van der Waals surface area contributed by atoms with Crippen molar-refractivity contribution in [3.8, 4) is 5.75 Å². The highest BCUT2D eigenvalue weighted by atomic mass is 16.6. The fraction of sp³-hybridized carbons (Fsp3) is 0.333. The molecule has 0 aliphatic heterocycles. The van der Waals surface area contributed by atoms with E-state index in [9.17, 15) is 9.59 Å². The van der Waals surface area contributed by atoms with E-state index < -0.39 is 12.1 Å². The molecule has 1 aromatic heterocycles. The van der Waals surface area contributed by atoms with Gasteiger partial charge in [0.2, 0.25) is 0 Å². The highest BCUT2D eigenvalue weighted by Crippen LogP contribution is 2.40. The highest BCUT2D eigenvalue weighted by molar-refractivity contribution is 5.99. The zero-order chi connectivity index (χ0) is 27.7. The Hall–Kier alpha value is -4.06. The number of methoxy groups -OCH3 is 1. The van der Waals surface area contributed by atoms with E-state index >= 15 is 0 Å². The molecular weight excluding hydrogens is 488 g/mol. The minimum Gasteiger partial charge on any atom is -0.479 e. The molecule has 3 aromatic carbocycles. The molecule has 2 atom stereocenters. The van der Waals surface area contributed by atoms with Gasteiger partial charge >= 0.3 is 5.97 Å². The first-order valence-electron chi connectivity index (χ1n) is 13.6. The molecule has 6 nitrogen and oxygen atoms in total. The van der Waals surface area contributed by atoms with Crippen molar-refractivity contribution in [2.45, 2.75) is 65.1 Å². The highest BCUT2D eigenvalue weighted by Gasteiger charge is 2.24. The average molecular weight is 525 g/mol. The van der Waals surface area contributed by atoms with Gasteiger partial charge in [-0.15, -0.1) is 0 Å². The second-order valence-corrected chi connectivity index (χ2v) is 10.6. The maximum atomic E-state index is 13.2. The van der Waals surface area contributed by atoms with Gasteiger partial charge in [0, 0.05) is 28.7 Å². The van der Waals surface area contributed by atoms with Gasteiger partial charge in [0.25, 0.3) is 5.91 Å². The van der Waals surface area contributed by atoms with Crippen molar-refractivity contribution in [2.24, 2.45) is 0 Å². The standard InChI is InChI=1S/C33H36N2O4/c1-20-22(3)35(19-24-9-14-29(15-10-24)39-23(4)33(37)38-5)31-16-13-28(18-30(20)31)32(36)34-21(2)26-7-6-8-27(17-26)25-11-12-25/h6-10,13-18,21,23,25H,11-12,19H2,1-5H3,(H,34,36)/t21-,23-/m0/s1. The van der Waals surface area contributed by atoms with Crippen LogP contribution >= 0.6 is 0 Å². The topological polar surface area (TPSA) is 69.6 Å². The minimum atomic E-state index is -0.665. The number of carbonyl (C=O) groups excluding carboxylic acids is 2. The van der Waals surface area contributed by atoms with Gasteiger partial charge in [-0.05, 0) is 99.0 Å². The number of nitrogens with one attached hydrogen (secondary N) is 1. The van der Waals surface area contributed by atoms with Gasteiger partial charge in [0.15, 0.2) is 6.10 Å². The van der Waals surface area contributed by atoms with Gasteiger partial charge in [0.05, 0.1) is 13.2 Å². The minimum absolute atomic E-state index is 0.0669. The van der Waals surface area contributed by atoms with Crippen LogP contribution in [0.4, 0.5) is 0 Å². The Morgan fingerprint density at radius 2 is 1.74 bits per heavy atom. The number of rotatable bonds is 9. The van der Waals surface area contributed by atoms with Crippen LogP contribution in [-0.2, 0) is 16.1 Å². The Bertz CT molecular complexity index is 1510. The largest absolute Gasteiger partial charge is 0.479 e. The summed E-state index contributed by atoms with van der Waals surface area (Å²) in [5, 5.41) is 4.27. The molecule has 0 unspecified atom stereocenters. The van der Waals surface area contributed by atoms with E-state index in [-0.39, 0.29) is 11.9 Å². The lowest BCUT2D eigenvalue weighted by molar-refractivity contribution is -0.147. The van der Waals surface area contributed by atoms with E-state index in [1.165, 1.54) is 25.5 Å². The molecule has 4 aromatic rings. The SMILES string of the molecule is COC(=O)[C@H](C)Oc1ccc(Cn2c(C)c(C)c3cc(C(=O)N[C@@H](C)c4cccc(C5CC5)c4)ccc32)cc1. The summed E-state index contributed by atoms with van der Waals surface area (Å²) in [5.74, 6) is 0.829. The van der Waals surface area contributed by atoms with Crippen LogP contribution in [0.2, 0.25) is 0 Å². The Balaban J connectivity index is 1.31. The number of hydrogen-bond acceptors (Lipinski definition) is 4. The first kappa shape index (κ1) is 26.5. The van der Waals surface area contributed by atoms with E-state index in [2.05, 4.69) is 48.0 Å². The van der Waals surface area contributed by atoms with E-state index in [4.69, 9.17) is 9.47 Å². The number of amides is 1. The van der Waals surface area contributed by atoms with E-state index in [1.54, 1.807) is 6.92 Å². The molecule has 6 heteroatoms. The third kappa shape index (κ3) is 5.70. The third-order valence-corrected chi connectivity index (χ3v) is 7.82. The van der Waals surface area contributed by atoms with Gasteiger partial charge < -0.3 is 19.4 Å². The normalized spacial score (nSPS) is 14.6. The number of nitrogens with zero attached hydrogens (tertiary/aromatic N) is 1. The predicted molar refractivity (Wildman–Crippen MR) is 153 cm³/mol. The van der Waals surface area contributed by atoms with Crippen LogP contribution < -0.4 is 10.1 Å².